The second kappa shape index (κ2) is 10.3. The monoisotopic (exact) mass is 386 g/mol. The van der Waals surface area contributed by atoms with E-state index in [0.29, 0.717) is 11.7 Å². The molecule has 1 aliphatic rings. The third-order valence-electron chi connectivity index (χ3n) is 4.81. The summed E-state index contributed by atoms with van der Waals surface area (Å²) in [6.07, 6.45) is 0. The van der Waals surface area contributed by atoms with E-state index < -0.39 is 0 Å². The van der Waals surface area contributed by atoms with Crippen LogP contribution in [-0.4, -0.2) is 45.1 Å². The molecule has 0 unspecified atom stereocenters. The fourth-order valence-electron chi connectivity index (χ4n) is 3.23. The second-order valence-corrected chi connectivity index (χ2v) is 7.11. The normalized spacial score (nSPS) is 15.7. The van der Waals surface area contributed by atoms with Gasteiger partial charge >= 0.3 is 0 Å². The molecular formula is C21H28N3O2S+. The van der Waals surface area contributed by atoms with Crippen molar-refractivity contribution in [3.05, 3.63) is 65.7 Å². The highest BCUT2D eigenvalue weighted by Gasteiger charge is 2.21. The number of hydrogen-bond acceptors (Lipinski definition) is 3. The maximum atomic E-state index is 5.56. The summed E-state index contributed by atoms with van der Waals surface area (Å²) in [5.74, 6) is 0.858. The average molecular weight is 387 g/mol. The van der Waals surface area contributed by atoms with Crippen molar-refractivity contribution in [2.75, 3.05) is 40.0 Å². The van der Waals surface area contributed by atoms with Crippen LogP contribution in [0, 0.1) is 0 Å². The van der Waals surface area contributed by atoms with E-state index in [1.807, 2.05) is 30.3 Å². The standard InChI is InChI=1S/C21H27N3O2S/c1-25-19-9-7-17(8-10-19)15-22-21(27)23-20(18-5-3-2-4-6-18)16-24-11-13-26-14-12-24/h2-10,20H,11-16H2,1H3,(H2,22,23,27)/p+1/t20-/m0/s1. The van der Waals surface area contributed by atoms with Crippen LogP contribution in [0.2, 0.25) is 0 Å². The van der Waals surface area contributed by atoms with Gasteiger partial charge in [-0.25, -0.2) is 0 Å². The van der Waals surface area contributed by atoms with Crippen molar-refractivity contribution in [3.8, 4) is 5.75 Å². The van der Waals surface area contributed by atoms with Gasteiger partial charge < -0.3 is 25.0 Å². The summed E-state index contributed by atoms with van der Waals surface area (Å²) in [4.78, 5) is 1.54. The summed E-state index contributed by atoms with van der Waals surface area (Å²) in [7, 11) is 1.67. The van der Waals surface area contributed by atoms with Gasteiger partial charge in [-0.3, -0.25) is 0 Å². The van der Waals surface area contributed by atoms with Crippen LogP contribution in [-0.2, 0) is 11.3 Å². The molecule has 3 N–H and O–H groups in total. The van der Waals surface area contributed by atoms with Crippen molar-refractivity contribution in [1.29, 1.82) is 0 Å². The van der Waals surface area contributed by atoms with E-state index in [1.54, 1.807) is 12.0 Å². The van der Waals surface area contributed by atoms with Gasteiger partial charge in [0.05, 0.1) is 20.3 Å². The molecule has 2 aromatic rings. The van der Waals surface area contributed by atoms with Crippen molar-refractivity contribution in [1.82, 2.24) is 10.6 Å². The fraction of sp³-hybridized carbons (Fsp3) is 0.381. The number of hydrogen-bond donors (Lipinski definition) is 3. The Morgan fingerprint density at radius 2 is 1.81 bits per heavy atom. The molecule has 5 nitrogen and oxygen atoms in total. The van der Waals surface area contributed by atoms with Gasteiger partial charge in [-0.2, -0.15) is 0 Å². The lowest BCUT2D eigenvalue weighted by Crippen LogP contribution is -3.14. The van der Waals surface area contributed by atoms with E-state index >= 15 is 0 Å². The summed E-state index contributed by atoms with van der Waals surface area (Å²) in [6.45, 7) is 5.40. The Morgan fingerprint density at radius 1 is 1.11 bits per heavy atom. The molecule has 0 amide bonds. The Kier molecular flexibility index (Phi) is 7.45. The van der Waals surface area contributed by atoms with E-state index in [4.69, 9.17) is 21.7 Å². The van der Waals surface area contributed by atoms with E-state index in [-0.39, 0.29) is 6.04 Å². The number of rotatable bonds is 7. The van der Waals surface area contributed by atoms with Gasteiger partial charge in [-0.15, -0.1) is 0 Å². The lowest BCUT2D eigenvalue weighted by Gasteiger charge is -2.29. The third kappa shape index (κ3) is 6.20. The molecule has 0 spiro atoms. The van der Waals surface area contributed by atoms with Crippen LogP contribution < -0.4 is 20.3 Å². The first-order chi connectivity index (χ1) is 13.2. The number of quaternary nitrogens is 1. The van der Waals surface area contributed by atoms with Crippen LogP contribution in [0.25, 0.3) is 0 Å². The minimum absolute atomic E-state index is 0.176. The van der Waals surface area contributed by atoms with Gasteiger partial charge in [0.15, 0.2) is 5.11 Å². The molecule has 0 aliphatic carbocycles. The molecule has 0 aromatic heterocycles. The molecule has 1 atom stereocenters. The highest BCUT2D eigenvalue weighted by molar-refractivity contribution is 7.80. The molecule has 1 fully saturated rings. The van der Waals surface area contributed by atoms with Crippen LogP contribution >= 0.6 is 12.2 Å². The quantitative estimate of drug-likeness (QED) is 0.627. The Hall–Kier alpha value is -2.15. The number of benzene rings is 2. The summed E-state index contributed by atoms with van der Waals surface area (Å²) < 4.78 is 10.7. The zero-order chi connectivity index (χ0) is 18.9. The molecule has 0 radical (unpaired) electrons. The van der Waals surface area contributed by atoms with E-state index in [1.165, 1.54) is 5.56 Å². The van der Waals surface area contributed by atoms with Crippen molar-refractivity contribution >= 4 is 17.3 Å². The topological polar surface area (TPSA) is 47.0 Å². The Labute approximate surface area is 166 Å². The molecule has 0 bridgehead atoms. The first kappa shape index (κ1) is 19.6. The maximum Gasteiger partial charge on any atom is 0.167 e. The number of ether oxygens (including phenoxy) is 2. The van der Waals surface area contributed by atoms with Gasteiger partial charge in [0.25, 0.3) is 0 Å². The Morgan fingerprint density at radius 3 is 2.48 bits per heavy atom. The lowest BCUT2D eigenvalue weighted by atomic mass is 10.1. The minimum atomic E-state index is 0.176. The van der Waals surface area contributed by atoms with Gasteiger partial charge in [0.2, 0.25) is 0 Å². The fourth-order valence-corrected chi connectivity index (χ4v) is 3.44. The van der Waals surface area contributed by atoms with E-state index in [0.717, 1.165) is 44.2 Å². The highest BCUT2D eigenvalue weighted by Crippen LogP contribution is 2.12. The molecular weight excluding hydrogens is 358 g/mol. The second-order valence-electron chi connectivity index (χ2n) is 6.70. The average Bonchev–Trinajstić information content (AvgIpc) is 2.73. The lowest BCUT2D eigenvalue weighted by molar-refractivity contribution is -0.909. The van der Waals surface area contributed by atoms with Gasteiger partial charge in [-0.05, 0) is 35.5 Å². The third-order valence-corrected chi connectivity index (χ3v) is 5.07. The Balaban J connectivity index is 1.57. The van der Waals surface area contributed by atoms with Crippen molar-refractivity contribution in [3.63, 3.8) is 0 Å². The van der Waals surface area contributed by atoms with Gasteiger partial charge in [0, 0.05) is 6.54 Å². The van der Waals surface area contributed by atoms with Crippen molar-refractivity contribution < 1.29 is 14.4 Å². The predicted molar refractivity (Wildman–Crippen MR) is 111 cm³/mol. The van der Waals surface area contributed by atoms with Crippen LogP contribution in [0.4, 0.5) is 0 Å². The molecule has 6 heteroatoms. The smallest absolute Gasteiger partial charge is 0.167 e. The number of nitrogens with one attached hydrogen (secondary N) is 3. The highest BCUT2D eigenvalue weighted by atomic mass is 32.1. The predicted octanol–water partition coefficient (Wildman–Crippen LogP) is 1.32. The van der Waals surface area contributed by atoms with Crippen molar-refractivity contribution in [2.45, 2.75) is 12.6 Å². The largest absolute Gasteiger partial charge is 0.497 e. The van der Waals surface area contributed by atoms with Crippen molar-refractivity contribution in [2.24, 2.45) is 0 Å². The molecule has 3 rings (SSSR count). The molecule has 1 heterocycles. The molecule has 27 heavy (non-hydrogen) atoms. The SMILES string of the molecule is COc1ccc(CNC(=S)N[C@@H](C[NH+]2CCOCC2)c2ccccc2)cc1. The zero-order valence-electron chi connectivity index (χ0n) is 15.7. The summed E-state index contributed by atoms with van der Waals surface area (Å²) >= 11 is 5.56. The van der Waals surface area contributed by atoms with Crippen LogP contribution in [0.3, 0.4) is 0 Å². The van der Waals surface area contributed by atoms with Crippen LogP contribution in [0.5, 0.6) is 5.75 Å². The first-order valence-electron chi connectivity index (χ1n) is 9.38. The number of morpholine rings is 1. The summed E-state index contributed by atoms with van der Waals surface area (Å²) in [5.41, 5.74) is 2.42. The molecule has 2 aromatic carbocycles. The molecule has 144 valence electrons. The van der Waals surface area contributed by atoms with Crippen LogP contribution in [0.1, 0.15) is 17.2 Å². The zero-order valence-corrected chi connectivity index (χ0v) is 16.6. The van der Waals surface area contributed by atoms with Gasteiger partial charge in [-0.1, -0.05) is 42.5 Å². The number of thiocarbonyl (C=S) groups is 1. The molecule has 1 aliphatic heterocycles. The Bertz CT molecular complexity index is 703. The van der Waals surface area contributed by atoms with Gasteiger partial charge in [0.1, 0.15) is 31.4 Å². The maximum absolute atomic E-state index is 5.56. The molecule has 0 saturated carbocycles. The minimum Gasteiger partial charge on any atom is -0.497 e. The van der Waals surface area contributed by atoms with E-state index in [9.17, 15) is 0 Å². The number of methoxy groups -OCH3 is 1. The van der Waals surface area contributed by atoms with Crippen LogP contribution in [0.15, 0.2) is 54.6 Å². The molecule has 1 saturated heterocycles. The van der Waals surface area contributed by atoms with E-state index in [2.05, 4.69) is 34.9 Å². The summed E-state index contributed by atoms with van der Waals surface area (Å²) in [5, 5.41) is 7.50. The first-order valence-corrected chi connectivity index (χ1v) is 9.79. The summed E-state index contributed by atoms with van der Waals surface area (Å²) in [6, 6.07) is 18.7.